The summed E-state index contributed by atoms with van der Waals surface area (Å²) in [5, 5.41) is 7.39. The molecule has 284 valence electrons. The molecule has 0 amide bonds. The maximum absolute atomic E-state index is 6.65. The molecule has 0 radical (unpaired) electrons. The van der Waals surface area contributed by atoms with E-state index < -0.39 is 0 Å². The number of aryl methyl sites for hydroxylation is 2. The number of para-hydroxylation sites is 2. The highest BCUT2D eigenvalue weighted by molar-refractivity contribution is 7.25. The van der Waals surface area contributed by atoms with Gasteiger partial charge in [0.05, 0.1) is 22.1 Å². The Labute approximate surface area is 349 Å². The number of aromatic nitrogens is 4. The third-order valence-electron chi connectivity index (χ3n) is 11.8. The van der Waals surface area contributed by atoms with Gasteiger partial charge in [-0.1, -0.05) is 133 Å². The SMILES string of the molecule is c1ccc(-c2nc(CCc3ccc4sc5cccc(Cc6ccc7c(c6)oc6cccc(-n8c9ccccc9c9ccccc98)c67)c5c4c3)nc(-c3ccccc3)n2)cc1. The van der Waals surface area contributed by atoms with E-state index in [4.69, 9.17) is 19.4 Å². The van der Waals surface area contributed by atoms with E-state index in [-0.39, 0.29) is 0 Å². The van der Waals surface area contributed by atoms with Crippen molar-refractivity contribution in [2.24, 2.45) is 0 Å². The summed E-state index contributed by atoms with van der Waals surface area (Å²) >= 11 is 1.86. The van der Waals surface area contributed by atoms with Crippen LogP contribution in [0.4, 0.5) is 0 Å². The summed E-state index contributed by atoms with van der Waals surface area (Å²) in [5.74, 6) is 2.20. The zero-order valence-electron chi connectivity index (χ0n) is 32.5. The number of nitrogens with zero attached hydrogens (tertiary/aromatic N) is 4. The molecule has 12 aromatic rings. The first-order valence-electron chi connectivity index (χ1n) is 20.4. The van der Waals surface area contributed by atoms with Crippen LogP contribution in [-0.4, -0.2) is 19.5 Å². The van der Waals surface area contributed by atoms with Gasteiger partial charge in [-0.15, -0.1) is 11.3 Å². The van der Waals surface area contributed by atoms with Crippen molar-refractivity contribution < 1.29 is 4.42 Å². The molecule has 0 unspecified atom stereocenters. The molecule has 4 heterocycles. The van der Waals surface area contributed by atoms with E-state index in [2.05, 4.69) is 150 Å². The molecule has 0 fully saturated rings. The van der Waals surface area contributed by atoms with E-state index in [0.717, 1.165) is 57.4 Å². The van der Waals surface area contributed by atoms with Gasteiger partial charge in [0.25, 0.3) is 0 Å². The number of furan rings is 1. The van der Waals surface area contributed by atoms with Crippen molar-refractivity contribution in [1.29, 1.82) is 0 Å². The summed E-state index contributed by atoms with van der Waals surface area (Å²) in [5.41, 5.74) is 11.1. The van der Waals surface area contributed by atoms with Gasteiger partial charge in [0.15, 0.2) is 11.6 Å². The second-order valence-corrected chi connectivity index (χ2v) is 16.6. The van der Waals surface area contributed by atoms with Crippen LogP contribution < -0.4 is 0 Å². The van der Waals surface area contributed by atoms with Gasteiger partial charge in [-0.3, -0.25) is 0 Å². The average molecular weight is 789 g/mol. The highest BCUT2D eigenvalue weighted by atomic mass is 32.1. The maximum atomic E-state index is 6.65. The summed E-state index contributed by atoms with van der Waals surface area (Å²) in [6.45, 7) is 0. The Morgan fingerprint density at radius 1 is 0.450 bits per heavy atom. The number of benzene rings is 8. The molecule has 0 N–H and O–H groups in total. The van der Waals surface area contributed by atoms with Crippen molar-refractivity contribution in [3.05, 3.63) is 205 Å². The third kappa shape index (κ3) is 5.87. The van der Waals surface area contributed by atoms with Crippen LogP contribution in [0.5, 0.6) is 0 Å². The molecule has 12 rings (SSSR count). The molecule has 0 aliphatic rings. The van der Waals surface area contributed by atoms with Crippen molar-refractivity contribution in [3.8, 4) is 28.5 Å². The zero-order valence-corrected chi connectivity index (χ0v) is 33.4. The fourth-order valence-corrected chi connectivity index (χ4v) is 10.2. The average Bonchev–Trinajstić information content (AvgIpc) is 3.98. The lowest BCUT2D eigenvalue weighted by Crippen LogP contribution is -2.04. The maximum Gasteiger partial charge on any atom is 0.163 e. The zero-order chi connectivity index (χ0) is 39.6. The Balaban J connectivity index is 0.885. The van der Waals surface area contributed by atoms with Crippen LogP contribution in [0.25, 0.3) is 92.4 Å². The van der Waals surface area contributed by atoms with Crippen LogP contribution in [-0.2, 0) is 19.3 Å². The summed E-state index contributed by atoms with van der Waals surface area (Å²) in [7, 11) is 0. The van der Waals surface area contributed by atoms with Crippen molar-refractivity contribution >= 4 is 75.3 Å². The van der Waals surface area contributed by atoms with Crippen LogP contribution in [0.15, 0.2) is 186 Å². The van der Waals surface area contributed by atoms with Crippen LogP contribution in [0, 0.1) is 0 Å². The number of hydrogen-bond donors (Lipinski definition) is 0. The quantitative estimate of drug-likeness (QED) is 0.154. The van der Waals surface area contributed by atoms with Crippen LogP contribution >= 0.6 is 11.3 Å². The van der Waals surface area contributed by atoms with E-state index in [1.807, 2.05) is 47.7 Å². The lowest BCUT2D eigenvalue weighted by molar-refractivity contribution is 0.668. The molecule has 0 aliphatic carbocycles. The molecule has 0 atom stereocenters. The van der Waals surface area contributed by atoms with Gasteiger partial charge in [-0.2, -0.15) is 0 Å². The molecule has 6 heteroatoms. The molecule has 0 spiro atoms. The fraction of sp³-hybridized carbons (Fsp3) is 0.0556. The Bertz CT molecular complexity index is 3470. The Hall–Kier alpha value is -7.41. The van der Waals surface area contributed by atoms with E-state index in [0.29, 0.717) is 18.1 Å². The predicted octanol–water partition coefficient (Wildman–Crippen LogP) is 13.9. The summed E-state index contributed by atoms with van der Waals surface area (Å²) in [4.78, 5) is 14.8. The molecule has 0 saturated carbocycles. The highest BCUT2D eigenvalue weighted by Crippen LogP contribution is 2.41. The Morgan fingerprint density at radius 3 is 1.85 bits per heavy atom. The fourth-order valence-electron chi connectivity index (χ4n) is 9.02. The van der Waals surface area contributed by atoms with Crippen molar-refractivity contribution in [1.82, 2.24) is 19.5 Å². The Morgan fingerprint density at radius 2 is 1.12 bits per heavy atom. The molecule has 8 aromatic carbocycles. The topological polar surface area (TPSA) is 56.7 Å². The number of thiophene rings is 1. The van der Waals surface area contributed by atoms with Crippen molar-refractivity contribution in [3.63, 3.8) is 0 Å². The second kappa shape index (κ2) is 14.2. The number of rotatable bonds is 8. The van der Waals surface area contributed by atoms with Gasteiger partial charge >= 0.3 is 0 Å². The van der Waals surface area contributed by atoms with E-state index in [9.17, 15) is 0 Å². The van der Waals surface area contributed by atoms with Gasteiger partial charge in [0, 0.05) is 53.9 Å². The van der Waals surface area contributed by atoms with Crippen LogP contribution in [0.2, 0.25) is 0 Å². The monoisotopic (exact) mass is 788 g/mol. The van der Waals surface area contributed by atoms with Gasteiger partial charge in [0.2, 0.25) is 0 Å². The first kappa shape index (κ1) is 34.6. The van der Waals surface area contributed by atoms with E-state index >= 15 is 0 Å². The normalized spacial score (nSPS) is 11.9. The van der Waals surface area contributed by atoms with Gasteiger partial charge in [-0.05, 0) is 78.1 Å². The molecule has 4 aromatic heterocycles. The minimum Gasteiger partial charge on any atom is -0.456 e. The summed E-state index contributed by atoms with van der Waals surface area (Å²) < 4.78 is 11.6. The third-order valence-corrected chi connectivity index (χ3v) is 12.9. The first-order chi connectivity index (χ1) is 29.7. The Kier molecular flexibility index (Phi) is 8.16. The minimum atomic E-state index is 0.702. The predicted molar refractivity (Wildman–Crippen MR) is 248 cm³/mol. The van der Waals surface area contributed by atoms with Crippen LogP contribution in [0.3, 0.4) is 0 Å². The second-order valence-electron chi connectivity index (χ2n) is 15.5. The first-order valence-corrected chi connectivity index (χ1v) is 21.2. The van der Waals surface area contributed by atoms with Crippen LogP contribution in [0.1, 0.15) is 22.5 Å². The molecule has 0 saturated heterocycles. The molecular weight excluding hydrogens is 753 g/mol. The molecule has 5 nitrogen and oxygen atoms in total. The standard InChI is InChI=1S/C54H36N4OS/c1-3-13-36(14-4-1)53-55-50(56-54(57-53)37-15-5-2-6-16-37)30-27-34-26-29-48-42(32-34)51-38(17-11-24-49(51)60-48)31-35-25-28-41-47(33-35)59-46-23-12-22-45(52(41)46)58-43-20-9-7-18-39(43)40-19-8-10-21-44(40)58/h1-26,28-29,32-33H,27,30-31H2. The van der Waals surface area contributed by atoms with E-state index in [1.54, 1.807) is 0 Å². The number of fused-ring (bicyclic) bond motifs is 9. The lowest BCUT2D eigenvalue weighted by atomic mass is 9.97. The van der Waals surface area contributed by atoms with Gasteiger partial charge in [0.1, 0.15) is 17.0 Å². The summed E-state index contributed by atoms with van der Waals surface area (Å²) in [6, 6.07) is 64.5. The molecule has 60 heavy (non-hydrogen) atoms. The summed E-state index contributed by atoms with van der Waals surface area (Å²) in [6.07, 6.45) is 2.33. The largest absolute Gasteiger partial charge is 0.456 e. The van der Waals surface area contributed by atoms with E-state index in [1.165, 1.54) is 58.7 Å². The van der Waals surface area contributed by atoms with Crippen molar-refractivity contribution in [2.75, 3.05) is 0 Å². The minimum absolute atomic E-state index is 0.702. The van der Waals surface area contributed by atoms with Crippen molar-refractivity contribution in [2.45, 2.75) is 19.3 Å². The molecule has 0 aliphatic heterocycles. The van der Waals surface area contributed by atoms with Gasteiger partial charge < -0.3 is 8.98 Å². The number of hydrogen-bond acceptors (Lipinski definition) is 5. The lowest BCUT2D eigenvalue weighted by Gasteiger charge is -2.09. The highest BCUT2D eigenvalue weighted by Gasteiger charge is 2.19. The molecular formula is C54H36N4OS. The van der Waals surface area contributed by atoms with Gasteiger partial charge in [-0.25, -0.2) is 15.0 Å². The smallest absolute Gasteiger partial charge is 0.163 e. The molecule has 0 bridgehead atoms.